The third-order valence-electron chi connectivity index (χ3n) is 6.49. The lowest BCUT2D eigenvalue weighted by Gasteiger charge is -2.56. The molecule has 4 saturated carbocycles. The fourth-order valence-corrected chi connectivity index (χ4v) is 5.66. The molecule has 0 aromatic carbocycles. The van der Waals surface area contributed by atoms with Crippen LogP contribution in [0.25, 0.3) is 0 Å². The number of rotatable bonds is 5. The van der Waals surface area contributed by atoms with E-state index < -0.39 is 0 Å². The molecule has 1 N–H and O–H groups in total. The molecule has 0 spiro atoms. The van der Waals surface area contributed by atoms with Crippen molar-refractivity contribution in [2.24, 2.45) is 29.1 Å². The average Bonchev–Trinajstić information content (AvgIpc) is 2.98. The summed E-state index contributed by atoms with van der Waals surface area (Å²) in [5.41, 5.74) is -0.0652. The van der Waals surface area contributed by atoms with Crippen molar-refractivity contribution in [2.75, 3.05) is 0 Å². The summed E-state index contributed by atoms with van der Waals surface area (Å²) in [5, 5.41) is 7.58. The highest BCUT2D eigenvalue weighted by molar-refractivity contribution is 5.83. The van der Waals surface area contributed by atoms with E-state index in [0.717, 1.165) is 37.0 Å². The summed E-state index contributed by atoms with van der Waals surface area (Å²) < 4.78 is 1.82. The van der Waals surface area contributed by atoms with Gasteiger partial charge in [0, 0.05) is 5.41 Å². The maximum Gasteiger partial charge on any atom is 0.226 e. The predicted octanol–water partition coefficient (Wildman–Crippen LogP) is 2.64. The van der Waals surface area contributed by atoms with Gasteiger partial charge in [-0.05, 0) is 62.2 Å². The molecule has 4 aliphatic carbocycles. The number of amides is 1. The van der Waals surface area contributed by atoms with Crippen molar-refractivity contribution in [3.63, 3.8) is 0 Å². The number of carbonyl (C=O) groups is 1. The zero-order valence-corrected chi connectivity index (χ0v) is 14.2. The van der Waals surface area contributed by atoms with Gasteiger partial charge in [-0.3, -0.25) is 9.48 Å². The molecule has 1 atom stereocenters. The van der Waals surface area contributed by atoms with Gasteiger partial charge in [0.25, 0.3) is 0 Å². The summed E-state index contributed by atoms with van der Waals surface area (Å²) in [6.45, 7) is 5.04. The van der Waals surface area contributed by atoms with Gasteiger partial charge in [-0.25, -0.2) is 4.98 Å². The number of carbonyl (C=O) groups excluding carboxylic acids is 1. The van der Waals surface area contributed by atoms with Crippen LogP contribution in [0.3, 0.4) is 0 Å². The van der Waals surface area contributed by atoms with Gasteiger partial charge in [0.2, 0.25) is 5.91 Å². The minimum Gasteiger partial charge on any atom is -0.351 e. The van der Waals surface area contributed by atoms with Crippen molar-refractivity contribution in [1.29, 1.82) is 0 Å². The second kappa shape index (κ2) is 5.60. The van der Waals surface area contributed by atoms with Crippen LogP contribution in [0.15, 0.2) is 12.7 Å². The van der Waals surface area contributed by atoms with Crippen molar-refractivity contribution >= 4 is 5.91 Å². The second-order valence-electron chi connectivity index (χ2n) is 8.64. The van der Waals surface area contributed by atoms with E-state index in [0.29, 0.717) is 18.4 Å². The first-order valence-electron chi connectivity index (χ1n) is 9.17. The third-order valence-corrected chi connectivity index (χ3v) is 6.49. The molecule has 0 radical (unpaired) electrons. The molecular weight excluding hydrogens is 288 g/mol. The summed E-state index contributed by atoms with van der Waals surface area (Å²) in [7, 11) is 0. The van der Waals surface area contributed by atoms with Crippen LogP contribution >= 0.6 is 0 Å². The number of aromatic nitrogens is 3. The normalized spacial score (nSPS) is 36.4. The van der Waals surface area contributed by atoms with Crippen LogP contribution < -0.4 is 5.32 Å². The van der Waals surface area contributed by atoms with Crippen molar-refractivity contribution in [3.05, 3.63) is 12.7 Å². The fourth-order valence-electron chi connectivity index (χ4n) is 5.66. The number of hydrogen-bond acceptors (Lipinski definition) is 3. The van der Waals surface area contributed by atoms with Crippen molar-refractivity contribution in [2.45, 2.75) is 65.0 Å². The molecule has 1 amide bonds. The summed E-state index contributed by atoms with van der Waals surface area (Å²) >= 11 is 0. The van der Waals surface area contributed by atoms with Gasteiger partial charge >= 0.3 is 0 Å². The largest absolute Gasteiger partial charge is 0.351 e. The monoisotopic (exact) mass is 316 g/mol. The Hall–Kier alpha value is -1.39. The third kappa shape index (κ3) is 2.79. The molecule has 1 aromatic rings. The van der Waals surface area contributed by atoms with Crippen molar-refractivity contribution in [3.8, 4) is 0 Å². The Morgan fingerprint density at radius 3 is 2.30 bits per heavy atom. The van der Waals surface area contributed by atoms with E-state index in [1.807, 2.05) is 4.68 Å². The molecule has 4 bridgehead atoms. The standard InChI is InChI=1S/C18H28N4O/c1-12(2)16(9-22-11-19-10-20-22)21-17(23)18-6-13-3-14(7-18)5-15(4-13)8-18/h10-16H,3-9H2,1-2H3,(H,21,23). The highest BCUT2D eigenvalue weighted by Gasteiger charge is 2.54. The predicted molar refractivity (Wildman–Crippen MR) is 87.4 cm³/mol. The lowest BCUT2D eigenvalue weighted by atomic mass is 9.49. The number of hydrogen-bond donors (Lipinski definition) is 1. The van der Waals surface area contributed by atoms with E-state index in [4.69, 9.17) is 0 Å². The van der Waals surface area contributed by atoms with E-state index in [2.05, 4.69) is 29.2 Å². The molecule has 5 rings (SSSR count). The van der Waals surface area contributed by atoms with Gasteiger partial charge in [-0.2, -0.15) is 5.10 Å². The molecule has 126 valence electrons. The van der Waals surface area contributed by atoms with Gasteiger partial charge in [-0.15, -0.1) is 0 Å². The van der Waals surface area contributed by atoms with Gasteiger partial charge in [0.1, 0.15) is 12.7 Å². The lowest BCUT2D eigenvalue weighted by molar-refractivity contribution is -0.147. The van der Waals surface area contributed by atoms with Crippen molar-refractivity contribution in [1.82, 2.24) is 20.1 Å². The Labute approximate surface area is 138 Å². The molecule has 1 heterocycles. The van der Waals surface area contributed by atoms with Gasteiger partial charge in [-0.1, -0.05) is 13.8 Å². The Bertz CT molecular complexity index is 530. The first-order chi connectivity index (χ1) is 11.0. The van der Waals surface area contributed by atoms with E-state index >= 15 is 0 Å². The number of nitrogens with zero attached hydrogens (tertiary/aromatic N) is 3. The molecule has 0 aliphatic heterocycles. The fraction of sp³-hybridized carbons (Fsp3) is 0.833. The molecular formula is C18H28N4O. The van der Waals surface area contributed by atoms with Crippen LogP contribution in [0.2, 0.25) is 0 Å². The Kier molecular flexibility index (Phi) is 3.69. The summed E-state index contributed by atoms with van der Waals surface area (Å²) in [6, 6.07) is 0.122. The van der Waals surface area contributed by atoms with E-state index in [1.54, 1.807) is 12.7 Å². The van der Waals surface area contributed by atoms with Crippen LogP contribution in [0.5, 0.6) is 0 Å². The molecule has 0 saturated heterocycles. The SMILES string of the molecule is CC(C)C(Cn1cncn1)NC(=O)C12CC3CC(CC(C3)C1)C2. The second-order valence-corrected chi connectivity index (χ2v) is 8.64. The molecule has 1 aromatic heterocycles. The smallest absolute Gasteiger partial charge is 0.226 e. The topological polar surface area (TPSA) is 59.8 Å². The molecule has 1 unspecified atom stereocenters. The first-order valence-corrected chi connectivity index (χ1v) is 9.17. The summed E-state index contributed by atoms with van der Waals surface area (Å²) in [4.78, 5) is 17.2. The first kappa shape index (κ1) is 15.2. The zero-order chi connectivity index (χ0) is 16.0. The maximum absolute atomic E-state index is 13.2. The van der Waals surface area contributed by atoms with E-state index in [-0.39, 0.29) is 11.5 Å². The Morgan fingerprint density at radius 2 is 1.83 bits per heavy atom. The minimum absolute atomic E-state index is 0.0652. The highest BCUT2D eigenvalue weighted by Crippen LogP contribution is 2.60. The van der Waals surface area contributed by atoms with Gasteiger partial charge in [0.15, 0.2) is 0 Å². The van der Waals surface area contributed by atoms with Crippen LogP contribution in [0.4, 0.5) is 0 Å². The molecule has 4 aliphatic rings. The zero-order valence-electron chi connectivity index (χ0n) is 14.2. The van der Waals surface area contributed by atoms with Crippen molar-refractivity contribution < 1.29 is 4.79 Å². The van der Waals surface area contributed by atoms with Gasteiger partial charge < -0.3 is 5.32 Å². The average molecular weight is 316 g/mol. The maximum atomic E-state index is 13.2. The highest BCUT2D eigenvalue weighted by atomic mass is 16.2. The van der Waals surface area contributed by atoms with E-state index in [1.165, 1.54) is 19.3 Å². The van der Waals surface area contributed by atoms with Crippen LogP contribution in [0, 0.1) is 29.1 Å². The quantitative estimate of drug-likeness (QED) is 0.908. The van der Waals surface area contributed by atoms with Gasteiger partial charge in [0.05, 0.1) is 12.6 Å². The molecule has 5 heteroatoms. The molecule has 23 heavy (non-hydrogen) atoms. The van der Waals surface area contributed by atoms with Crippen LogP contribution in [-0.4, -0.2) is 26.7 Å². The molecule has 5 nitrogen and oxygen atoms in total. The Balaban J connectivity index is 1.47. The Morgan fingerprint density at radius 1 is 1.22 bits per heavy atom. The van der Waals surface area contributed by atoms with Crippen LogP contribution in [0.1, 0.15) is 52.4 Å². The lowest BCUT2D eigenvalue weighted by Crippen LogP contribution is -2.56. The minimum atomic E-state index is -0.0652. The summed E-state index contributed by atoms with van der Waals surface area (Å²) in [6.07, 6.45) is 10.8. The van der Waals surface area contributed by atoms with Crippen LogP contribution in [-0.2, 0) is 11.3 Å². The number of nitrogens with one attached hydrogen (secondary N) is 1. The summed E-state index contributed by atoms with van der Waals surface area (Å²) in [5.74, 6) is 3.12. The van der Waals surface area contributed by atoms with E-state index in [9.17, 15) is 4.79 Å². The molecule has 4 fully saturated rings.